The Labute approximate surface area is 291 Å². The first kappa shape index (κ1) is 33.7. The van der Waals surface area contributed by atoms with Crippen molar-refractivity contribution in [3.63, 3.8) is 0 Å². The molecule has 46 heavy (non-hydrogen) atoms. The second kappa shape index (κ2) is 14.0. The van der Waals surface area contributed by atoms with E-state index in [1.807, 2.05) is 0 Å². The standard InChI is InChI=1S/C21H25.C13H10.C11H11.Zr/c1-20(2,3)16-7-9-18-14(12-16)11-15-13-17(21(4,5)6)8-10-19(15)18;1-3-7-12(8-4-1)11-13-9-5-2-6-10-13;1-8-6-10-5-3-4-9(2)11(10)7-8;/h7-13H,1-6H3;1-10H;3-7H,1-2H3;/q-1;;-1;+2. The van der Waals surface area contributed by atoms with Crippen LogP contribution < -0.4 is 0 Å². The van der Waals surface area contributed by atoms with E-state index in [4.69, 9.17) is 0 Å². The van der Waals surface area contributed by atoms with Crippen LogP contribution in [0.4, 0.5) is 0 Å². The van der Waals surface area contributed by atoms with Gasteiger partial charge in [-0.25, -0.2) is 0 Å². The van der Waals surface area contributed by atoms with E-state index < -0.39 is 0 Å². The molecule has 0 nitrogen and oxygen atoms in total. The normalized spacial score (nSPS) is 11.6. The molecular weight excluding hydrogens is 632 g/mol. The SMILES string of the molecule is CC(C)(C)c1ccc2c(c1)[cH-]c1cc(C(C)(C)C)ccc12.Cc1cc2c(C)cccc2[cH-]1.[Zr+2]=[C](c1ccccc1)c1ccccc1. The number of benzene rings is 5. The summed E-state index contributed by atoms with van der Waals surface area (Å²) in [4.78, 5) is 0. The van der Waals surface area contributed by atoms with Gasteiger partial charge in [0.1, 0.15) is 0 Å². The Hall–Kier alpha value is -3.67. The van der Waals surface area contributed by atoms with Crippen molar-refractivity contribution >= 4 is 35.5 Å². The van der Waals surface area contributed by atoms with Gasteiger partial charge in [0.2, 0.25) is 0 Å². The van der Waals surface area contributed by atoms with Gasteiger partial charge in [0.05, 0.1) is 0 Å². The average Bonchev–Trinajstić information content (AvgIpc) is 3.61. The molecule has 7 aromatic rings. The summed E-state index contributed by atoms with van der Waals surface area (Å²) < 4.78 is 1.42. The van der Waals surface area contributed by atoms with Crippen molar-refractivity contribution in [1.82, 2.24) is 0 Å². The first-order valence-corrected chi connectivity index (χ1v) is 17.5. The van der Waals surface area contributed by atoms with E-state index >= 15 is 0 Å². The number of aryl methyl sites for hydroxylation is 2. The number of rotatable bonds is 2. The second-order valence-electron chi connectivity index (χ2n) is 14.5. The zero-order valence-electron chi connectivity index (χ0n) is 28.7. The molecule has 0 saturated carbocycles. The molecule has 0 aliphatic rings. The summed E-state index contributed by atoms with van der Waals surface area (Å²) in [5.41, 5.74) is 8.60. The maximum atomic E-state index is 2.35. The van der Waals surface area contributed by atoms with Crippen molar-refractivity contribution in [3.8, 4) is 0 Å². The molecule has 0 fully saturated rings. The first-order valence-electron chi connectivity index (χ1n) is 16.3. The Morgan fingerprint density at radius 2 is 0.957 bits per heavy atom. The second-order valence-corrected chi connectivity index (χ2v) is 15.7. The number of fused-ring (bicyclic) bond motifs is 4. The van der Waals surface area contributed by atoms with Gasteiger partial charge < -0.3 is 0 Å². The van der Waals surface area contributed by atoms with Crippen LogP contribution in [-0.4, -0.2) is 3.21 Å². The van der Waals surface area contributed by atoms with E-state index in [1.165, 1.54) is 93.1 Å². The quantitative estimate of drug-likeness (QED) is 0.160. The van der Waals surface area contributed by atoms with Gasteiger partial charge in [-0.1, -0.05) is 95.5 Å². The van der Waals surface area contributed by atoms with Gasteiger partial charge in [0.15, 0.2) is 0 Å². The molecule has 230 valence electrons. The zero-order chi connectivity index (χ0) is 33.1. The number of hydrogen-bond acceptors (Lipinski definition) is 0. The van der Waals surface area contributed by atoms with E-state index in [0.29, 0.717) is 0 Å². The fraction of sp³-hybridized carbons (Fsp3) is 0.222. The summed E-state index contributed by atoms with van der Waals surface area (Å²) in [5, 5.41) is 8.23. The summed E-state index contributed by atoms with van der Waals surface area (Å²) in [6.07, 6.45) is 0. The van der Waals surface area contributed by atoms with Crippen LogP contribution in [0.15, 0.2) is 133 Å². The van der Waals surface area contributed by atoms with Crippen molar-refractivity contribution < 1.29 is 24.2 Å². The average molecular weight is 678 g/mol. The van der Waals surface area contributed by atoms with Crippen LogP contribution in [0.2, 0.25) is 0 Å². The molecular formula is C45H46Zr. The van der Waals surface area contributed by atoms with Gasteiger partial charge in [0, 0.05) is 0 Å². The molecule has 0 atom stereocenters. The van der Waals surface area contributed by atoms with E-state index in [1.54, 1.807) is 0 Å². The summed E-state index contributed by atoms with van der Waals surface area (Å²) in [5.74, 6) is 0. The molecule has 0 saturated heterocycles. The Morgan fingerprint density at radius 1 is 0.478 bits per heavy atom. The Morgan fingerprint density at radius 3 is 1.39 bits per heavy atom. The van der Waals surface area contributed by atoms with Crippen LogP contribution >= 0.6 is 0 Å². The van der Waals surface area contributed by atoms with E-state index in [-0.39, 0.29) is 10.8 Å². The molecule has 0 heterocycles. The molecule has 0 radical (unpaired) electrons. The van der Waals surface area contributed by atoms with Gasteiger partial charge >= 0.3 is 99.2 Å². The van der Waals surface area contributed by atoms with Crippen molar-refractivity contribution in [1.29, 1.82) is 0 Å². The molecule has 0 amide bonds. The minimum atomic E-state index is 0.203. The molecule has 0 N–H and O–H groups in total. The number of hydrogen-bond donors (Lipinski definition) is 0. The fourth-order valence-corrected chi connectivity index (χ4v) is 6.69. The van der Waals surface area contributed by atoms with Gasteiger partial charge in [-0.05, 0) is 17.8 Å². The van der Waals surface area contributed by atoms with Crippen LogP contribution in [0.1, 0.15) is 74.9 Å². The van der Waals surface area contributed by atoms with Crippen molar-refractivity contribution in [3.05, 3.63) is 167 Å². The molecule has 1 heteroatoms. The van der Waals surface area contributed by atoms with Crippen LogP contribution in [0.25, 0.3) is 32.3 Å². The third-order valence-corrected chi connectivity index (χ3v) is 10.1. The molecule has 0 bridgehead atoms. The molecule has 0 aromatic heterocycles. The Kier molecular flexibility index (Phi) is 10.2. The molecule has 7 aromatic carbocycles. The topological polar surface area (TPSA) is 0 Å². The van der Waals surface area contributed by atoms with Gasteiger partial charge in [-0.3, -0.25) is 0 Å². The minimum absolute atomic E-state index is 0.203. The van der Waals surface area contributed by atoms with Crippen molar-refractivity contribution in [2.24, 2.45) is 0 Å². The zero-order valence-corrected chi connectivity index (χ0v) is 31.2. The monoisotopic (exact) mass is 676 g/mol. The predicted octanol–water partition coefficient (Wildman–Crippen LogP) is 12.3. The van der Waals surface area contributed by atoms with Crippen molar-refractivity contribution in [2.45, 2.75) is 66.2 Å². The van der Waals surface area contributed by atoms with Crippen LogP contribution in [0.3, 0.4) is 0 Å². The van der Waals surface area contributed by atoms with Crippen LogP contribution in [0.5, 0.6) is 0 Å². The van der Waals surface area contributed by atoms with E-state index in [9.17, 15) is 0 Å². The molecule has 0 unspecified atom stereocenters. The summed E-state index contributed by atoms with van der Waals surface area (Å²) in [6.45, 7) is 17.9. The van der Waals surface area contributed by atoms with Crippen molar-refractivity contribution in [2.75, 3.05) is 0 Å². The van der Waals surface area contributed by atoms with E-state index in [0.717, 1.165) is 0 Å². The molecule has 0 aliphatic heterocycles. The fourth-order valence-electron chi connectivity index (χ4n) is 5.87. The summed E-state index contributed by atoms with van der Waals surface area (Å²) in [7, 11) is 0. The summed E-state index contributed by atoms with van der Waals surface area (Å²) in [6, 6.07) is 48.2. The van der Waals surface area contributed by atoms with Crippen LogP contribution in [-0.2, 0) is 35.1 Å². The summed E-state index contributed by atoms with van der Waals surface area (Å²) >= 11 is 1.46. The maximum absolute atomic E-state index is 2.35. The molecule has 0 aliphatic carbocycles. The third kappa shape index (κ3) is 8.00. The molecule has 7 rings (SSSR count). The predicted molar refractivity (Wildman–Crippen MR) is 200 cm³/mol. The van der Waals surface area contributed by atoms with E-state index in [2.05, 4.69) is 189 Å². The first-order chi connectivity index (χ1) is 21.8. The Balaban J connectivity index is 0.000000144. The van der Waals surface area contributed by atoms with Gasteiger partial charge in [-0.2, -0.15) is 6.07 Å². The Bertz CT molecular complexity index is 1960. The van der Waals surface area contributed by atoms with Gasteiger partial charge in [0.25, 0.3) is 0 Å². The molecule has 0 spiro atoms. The van der Waals surface area contributed by atoms with Gasteiger partial charge in [-0.15, -0.1) is 74.3 Å². The van der Waals surface area contributed by atoms with Crippen LogP contribution in [0, 0.1) is 13.8 Å². The third-order valence-electron chi connectivity index (χ3n) is 8.67.